The van der Waals surface area contributed by atoms with Gasteiger partial charge in [0.1, 0.15) is 0 Å². The van der Waals surface area contributed by atoms with Crippen molar-refractivity contribution >= 4 is 21.4 Å². The highest BCUT2D eigenvalue weighted by atomic mass is 32.2. The Morgan fingerprint density at radius 1 is 0.980 bits per heavy atom. The topological polar surface area (TPSA) is 114 Å². The van der Waals surface area contributed by atoms with Crippen LogP contribution in [0.5, 0.6) is 0 Å². The Bertz CT molecular complexity index is 1640. The highest BCUT2D eigenvalue weighted by Crippen LogP contribution is 2.76. The molecule has 0 amide bonds. The Kier molecular flexibility index (Phi) is 9.30. The fourth-order valence-corrected chi connectivity index (χ4v) is 15.1. The van der Waals surface area contributed by atoms with Crippen LogP contribution in [-0.4, -0.2) is 87.7 Å². The van der Waals surface area contributed by atoms with E-state index in [0.29, 0.717) is 42.3 Å². The SMILES string of the molecule is COC(=O)c1ccc(C2=CCC3(C)C(CCC4(C)C3CCC3C5C(NCCN6CCS(=O)(=O)CC6)(CCC34C)CNC5(C)C(C)N)C2(C)C)cc1. The maximum absolute atomic E-state index is 12.2. The Morgan fingerprint density at radius 2 is 1.67 bits per heavy atom. The molecule has 0 radical (unpaired) electrons. The van der Waals surface area contributed by atoms with Gasteiger partial charge in [-0.05, 0) is 121 Å². The van der Waals surface area contributed by atoms with E-state index in [2.05, 4.69) is 82.2 Å². The van der Waals surface area contributed by atoms with Gasteiger partial charge in [0.25, 0.3) is 0 Å². The Labute approximate surface area is 308 Å². The summed E-state index contributed by atoms with van der Waals surface area (Å²) in [5, 5.41) is 8.20. The second kappa shape index (κ2) is 12.6. The Balaban J connectivity index is 1.16. The molecule has 8 nitrogen and oxygen atoms in total. The molecule has 9 heteroatoms. The number of sulfone groups is 1. The summed E-state index contributed by atoms with van der Waals surface area (Å²) >= 11 is 0. The maximum Gasteiger partial charge on any atom is 0.337 e. The third kappa shape index (κ3) is 5.63. The molecule has 0 aromatic heterocycles. The van der Waals surface area contributed by atoms with Crippen molar-refractivity contribution < 1.29 is 17.9 Å². The van der Waals surface area contributed by atoms with Crippen LogP contribution in [-0.2, 0) is 14.6 Å². The molecule has 10 atom stereocenters. The highest BCUT2D eigenvalue weighted by molar-refractivity contribution is 7.91. The number of ether oxygens (including phenoxy) is 1. The minimum atomic E-state index is -2.88. The molecule has 6 aliphatic rings. The monoisotopic (exact) mass is 722 g/mol. The van der Waals surface area contributed by atoms with Crippen molar-refractivity contribution in [2.24, 2.45) is 51.1 Å². The molecule has 1 aromatic carbocycles. The van der Waals surface area contributed by atoms with Crippen LogP contribution >= 0.6 is 0 Å². The number of carbonyl (C=O) groups excluding carboxylic acids is 1. The highest BCUT2D eigenvalue weighted by Gasteiger charge is 2.72. The first-order valence-electron chi connectivity index (χ1n) is 19.9. The molecule has 0 bridgehead atoms. The average Bonchev–Trinajstić information content (AvgIpc) is 3.39. The van der Waals surface area contributed by atoms with Crippen molar-refractivity contribution in [3.05, 3.63) is 41.5 Å². The number of methoxy groups -OCH3 is 1. The molecular formula is C42H66N4O4S. The van der Waals surface area contributed by atoms with E-state index in [-0.39, 0.29) is 56.3 Å². The lowest BCUT2D eigenvalue weighted by atomic mass is 9.32. The molecule has 2 saturated heterocycles. The van der Waals surface area contributed by atoms with Gasteiger partial charge in [0.15, 0.2) is 9.84 Å². The predicted octanol–water partition coefficient (Wildman–Crippen LogP) is 5.92. The zero-order valence-electron chi connectivity index (χ0n) is 32.7. The molecule has 4 N–H and O–H groups in total. The van der Waals surface area contributed by atoms with Crippen molar-refractivity contribution in [1.29, 1.82) is 0 Å². The number of fused-ring (bicyclic) bond motifs is 7. The van der Waals surface area contributed by atoms with Crippen molar-refractivity contribution in [1.82, 2.24) is 15.5 Å². The number of hydrogen-bond donors (Lipinski definition) is 3. The van der Waals surface area contributed by atoms with Crippen molar-refractivity contribution in [2.45, 2.75) is 111 Å². The van der Waals surface area contributed by atoms with Crippen LogP contribution in [0.2, 0.25) is 0 Å². The third-order valence-corrected chi connectivity index (χ3v) is 18.5. The summed E-state index contributed by atoms with van der Waals surface area (Å²) in [6.45, 7) is 21.6. The first-order chi connectivity index (χ1) is 23.9. The van der Waals surface area contributed by atoms with Crippen LogP contribution in [0.4, 0.5) is 0 Å². The van der Waals surface area contributed by atoms with E-state index in [1.54, 1.807) is 0 Å². The van der Waals surface area contributed by atoms with Crippen molar-refractivity contribution in [3.63, 3.8) is 0 Å². The number of esters is 1. The number of benzene rings is 1. The third-order valence-electron chi connectivity index (χ3n) is 16.9. The standard InChI is InChI=1S/C42H66N4O4S/c1-28(43)41(7)35-32-13-14-34-38(4)17-15-31(29-9-11-30(12-10-29)36(47)50-8)37(2,3)33(38)16-18-40(34,6)39(32,5)19-20-42(35,27-45-41)44-21-22-46-23-25-51(48,49)26-24-46/h9-12,15,28,32-35,44-45H,13-14,16-27,43H2,1-8H3. The zero-order chi connectivity index (χ0) is 36.8. The number of nitrogens with two attached hydrogens (primary N) is 1. The molecule has 10 unspecified atom stereocenters. The van der Waals surface area contributed by atoms with Gasteiger partial charge in [0.05, 0.1) is 24.2 Å². The summed E-state index contributed by atoms with van der Waals surface area (Å²) in [7, 11) is -1.44. The summed E-state index contributed by atoms with van der Waals surface area (Å²) in [5.41, 5.74) is 10.7. The van der Waals surface area contributed by atoms with E-state index in [4.69, 9.17) is 10.5 Å². The fraction of sp³-hybridized carbons (Fsp3) is 0.786. The lowest BCUT2D eigenvalue weighted by molar-refractivity contribution is -0.221. The number of hydrogen-bond acceptors (Lipinski definition) is 8. The van der Waals surface area contributed by atoms with Gasteiger partial charge >= 0.3 is 5.97 Å². The first-order valence-corrected chi connectivity index (χ1v) is 21.8. The van der Waals surface area contributed by atoms with Crippen LogP contribution in [0.1, 0.15) is 109 Å². The molecule has 2 heterocycles. The smallest absolute Gasteiger partial charge is 0.337 e. The minimum absolute atomic E-state index is 0.00734. The summed E-state index contributed by atoms with van der Waals surface area (Å²) < 4.78 is 29.1. The molecule has 3 saturated carbocycles. The number of nitrogens with zero attached hydrogens (tertiary/aromatic N) is 1. The van der Waals surface area contributed by atoms with E-state index in [9.17, 15) is 13.2 Å². The van der Waals surface area contributed by atoms with Gasteiger partial charge in [0, 0.05) is 55.8 Å². The van der Waals surface area contributed by atoms with Crippen LogP contribution in [0.25, 0.3) is 5.57 Å². The second-order valence-corrected chi connectivity index (χ2v) is 21.6. The van der Waals surface area contributed by atoms with Gasteiger partial charge in [-0.2, -0.15) is 0 Å². The number of carbonyl (C=O) groups is 1. The normalized spacial score (nSPS) is 43.5. The quantitative estimate of drug-likeness (QED) is 0.298. The van der Waals surface area contributed by atoms with Crippen molar-refractivity contribution in [3.8, 4) is 0 Å². The van der Waals surface area contributed by atoms with Gasteiger partial charge in [0.2, 0.25) is 0 Å². The maximum atomic E-state index is 12.2. The van der Waals surface area contributed by atoms with Gasteiger partial charge in [-0.15, -0.1) is 0 Å². The van der Waals surface area contributed by atoms with Gasteiger partial charge < -0.3 is 26.0 Å². The van der Waals surface area contributed by atoms with E-state index >= 15 is 0 Å². The van der Waals surface area contributed by atoms with Gasteiger partial charge in [-0.25, -0.2) is 13.2 Å². The number of rotatable bonds is 7. The molecule has 2 aliphatic heterocycles. The molecule has 5 fully saturated rings. The average molecular weight is 723 g/mol. The molecule has 0 spiro atoms. The largest absolute Gasteiger partial charge is 0.465 e. The zero-order valence-corrected chi connectivity index (χ0v) is 33.6. The molecule has 51 heavy (non-hydrogen) atoms. The van der Waals surface area contributed by atoms with Gasteiger partial charge in [-0.3, -0.25) is 0 Å². The number of allylic oxidation sites excluding steroid dienone is 2. The first kappa shape index (κ1) is 37.5. The molecule has 4 aliphatic carbocycles. The Hall–Kier alpha value is -1.78. The predicted molar refractivity (Wildman–Crippen MR) is 206 cm³/mol. The van der Waals surface area contributed by atoms with Crippen molar-refractivity contribution in [2.75, 3.05) is 51.3 Å². The van der Waals surface area contributed by atoms with Gasteiger partial charge in [-0.1, -0.05) is 52.8 Å². The molecule has 7 rings (SSSR count). The van der Waals surface area contributed by atoms with E-state index < -0.39 is 9.84 Å². The van der Waals surface area contributed by atoms with E-state index in [0.717, 1.165) is 32.5 Å². The van der Waals surface area contributed by atoms with E-state index in [1.807, 2.05) is 12.1 Å². The molecular weight excluding hydrogens is 657 g/mol. The molecule has 1 aromatic rings. The summed E-state index contributed by atoms with van der Waals surface area (Å²) in [5.74, 6) is 2.51. The lowest BCUT2D eigenvalue weighted by Crippen LogP contribution is -2.71. The Morgan fingerprint density at radius 3 is 2.31 bits per heavy atom. The van der Waals surface area contributed by atoms with Crippen LogP contribution in [0.3, 0.4) is 0 Å². The summed E-state index contributed by atoms with van der Waals surface area (Å²) in [6, 6.07) is 8.10. The summed E-state index contributed by atoms with van der Waals surface area (Å²) in [6.07, 6.45) is 11.0. The van der Waals surface area contributed by atoms with E-state index in [1.165, 1.54) is 50.4 Å². The second-order valence-electron chi connectivity index (χ2n) is 19.3. The number of nitrogens with one attached hydrogen (secondary N) is 2. The minimum Gasteiger partial charge on any atom is -0.465 e. The lowest BCUT2D eigenvalue weighted by Gasteiger charge is -2.73. The van der Waals surface area contributed by atoms with Crippen LogP contribution in [0, 0.1) is 45.3 Å². The van der Waals surface area contributed by atoms with Crippen LogP contribution in [0.15, 0.2) is 30.3 Å². The van der Waals surface area contributed by atoms with Crippen LogP contribution < -0.4 is 16.4 Å². The fourth-order valence-electron chi connectivity index (χ4n) is 13.8. The molecule has 284 valence electrons. The summed E-state index contributed by atoms with van der Waals surface area (Å²) in [4.78, 5) is 14.5.